The number of fused-ring (bicyclic) bond motifs is 5. The zero-order valence-corrected chi connectivity index (χ0v) is 14.1. The Balaban J connectivity index is 1.53. The highest BCUT2D eigenvalue weighted by molar-refractivity contribution is 6.10. The number of nitrogens with one attached hydrogen (secondary N) is 1. The SMILES string of the molecule is COc1ccccc1NC(=O)[C@@H](C)N1C(=O)[C@@H]2[C@H](C1=O)[C@H]1C=C[C@H]2C1. The van der Waals surface area contributed by atoms with Gasteiger partial charge in [0.2, 0.25) is 17.7 Å². The van der Waals surface area contributed by atoms with Crippen molar-refractivity contribution in [3.8, 4) is 5.75 Å². The Labute approximate surface area is 145 Å². The highest BCUT2D eigenvalue weighted by Crippen LogP contribution is 2.52. The topological polar surface area (TPSA) is 75.7 Å². The predicted molar refractivity (Wildman–Crippen MR) is 90.7 cm³/mol. The van der Waals surface area contributed by atoms with Gasteiger partial charge in [0.25, 0.3) is 0 Å². The smallest absolute Gasteiger partial charge is 0.247 e. The molecule has 1 aliphatic heterocycles. The Morgan fingerprint density at radius 3 is 2.36 bits per heavy atom. The van der Waals surface area contributed by atoms with Crippen LogP contribution in [0.1, 0.15) is 13.3 Å². The lowest BCUT2D eigenvalue weighted by atomic mass is 9.85. The number of carbonyl (C=O) groups excluding carboxylic acids is 3. The summed E-state index contributed by atoms with van der Waals surface area (Å²) in [6, 6.07) is 6.18. The number of allylic oxidation sites excluding steroid dienone is 2. The molecule has 1 heterocycles. The number of methoxy groups -OCH3 is 1. The van der Waals surface area contributed by atoms with Crippen LogP contribution in [0.25, 0.3) is 0 Å². The van der Waals surface area contributed by atoms with E-state index in [-0.39, 0.29) is 35.5 Å². The molecule has 5 atom stereocenters. The van der Waals surface area contributed by atoms with Crippen molar-refractivity contribution in [3.05, 3.63) is 36.4 Å². The molecule has 1 saturated heterocycles. The molecular formula is C19H20N2O4. The van der Waals surface area contributed by atoms with Gasteiger partial charge >= 0.3 is 0 Å². The van der Waals surface area contributed by atoms with Crippen LogP contribution in [0.2, 0.25) is 0 Å². The van der Waals surface area contributed by atoms with Gasteiger partial charge in [-0.3, -0.25) is 19.3 Å². The molecule has 3 aliphatic rings. The second-order valence-electron chi connectivity index (χ2n) is 6.91. The molecule has 130 valence electrons. The fraction of sp³-hybridized carbons (Fsp3) is 0.421. The maximum atomic E-state index is 12.8. The van der Waals surface area contributed by atoms with E-state index in [4.69, 9.17) is 4.74 Å². The molecule has 1 N–H and O–H groups in total. The van der Waals surface area contributed by atoms with Gasteiger partial charge in [0, 0.05) is 0 Å². The summed E-state index contributed by atoms with van der Waals surface area (Å²) in [6.07, 6.45) is 4.96. The van der Waals surface area contributed by atoms with Crippen molar-refractivity contribution in [2.75, 3.05) is 12.4 Å². The molecule has 0 spiro atoms. The summed E-state index contributed by atoms with van der Waals surface area (Å²) in [6.45, 7) is 1.59. The van der Waals surface area contributed by atoms with Crippen LogP contribution < -0.4 is 10.1 Å². The number of rotatable bonds is 4. The Bertz CT molecular complexity index is 757. The lowest BCUT2D eigenvalue weighted by Gasteiger charge is -2.24. The van der Waals surface area contributed by atoms with E-state index in [0.717, 1.165) is 11.3 Å². The predicted octanol–water partition coefficient (Wildman–Crippen LogP) is 1.83. The van der Waals surface area contributed by atoms with Gasteiger partial charge in [0.1, 0.15) is 11.8 Å². The number of hydrogen-bond acceptors (Lipinski definition) is 4. The molecule has 0 unspecified atom stereocenters. The summed E-state index contributed by atoms with van der Waals surface area (Å²) in [4.78, 5) is 39.3. The third kappa shape index (κ3) is 2.27. The third-order valence-corrected chi connectivity index (χ3v) is 5.64. The molecule has 4 rings (SSSR count). The number of anilines is 1. The van der Waals surface area contributed by atoms with Crippen LogP contribution in [-0.4, -0.2) is 35.8 Å². The van der Waals surface area contributed by atoms with Gasteiger partial charge in [-0.1, -0.05) is 24.3 Å². The number of imide groups is 1. The van der Waals surface area contributed by atoms with Crippen molar-refractivity contribution in [2.24, 2.45) is 23.7 Å². The number of ether oxygens (including phenoxy) is 1. The van der Waals surface area contributed by atoms with Gasteiger partial charge in [0.15, 0.2) is 0 Å². The van der Waals surface area contributed by atoms with Crippen molar-refractivity contribution >= 4 is 23.4 Å². The highest BCUT2D eigenvalue weighted by Gasteiger charge is 2.60. The fourth-order valence-electron chi connectivity index (χ4n) is 4.41. The minimum atomic E-state index is -0.852. The van der Waals surface area contributed by atoms with Crippen molar-refractivity contribution in [1.82, 2.24) is 4.90 Å². The minimum absolute atomic E-state index is 0.140. The van der Waals surface area contributed by atoms with E-state index in [0.29, 0.717) is 11.4 Å². The fourth-order valence-corrected chi connectivity index (χ4v) is 4.41. The zero-order valence-electron chi connectivity index (χ0n) is 14.1. The third-order valence-electron chi connectivity index (χ3n) is 5.64. The first-order valence-corrected chi connectivity index (χ1v) is 8.52. The second kappa shape index (κ2) is 5.72. The molecule has 6 heteroatoms. The first-order valence-electron chi connectivity index (χ1n) is 8.52. The van der Waals surface area contributed by atoms with E-state index in [2.05, 4.69) is 5.32 Å². The molecule has 3 amide bonds. The molecule has 0 radical (unpaired) electrons. The van der Waals surface area contributed by atoms with E-state index < -0.39 is 11.9 Å². The number of hydrogen-bond donors (Lipinski definition) is 1. The summed E-state index contributed by atoms with van der Waals surface area (Å²) >= 11 is 0. The van der Waals surface area contributed by atoms with Crippen molar-refractivity contribution < 1.29 is 19.1 Å². The molecular weight excluding hydrogens is 320 g/mol. The molecule has 2 bridgehead atoms. The van der Waals surface area contributed by atoms with Crippen LogP contribution in [0.3, 0.4) is 0 Å². The van der Waals surface area contributed by atoms with Gasteiger partial charge in [-0.25, -0.2) is 0 Å². The molecule has 1 aromatic carbocycles. The quantitative estimate of drug-likeness (QED) is 0.670. The van der Waals surface area contributed by atoms with E-state index in [1.54, 1.807) is 31.2 Å². The lowest BCUT2D eigenvalue weighted by molar-refractivity contribution is -0.146. The molecule has 25 heavy (non-hydrogen) atoms. The second-order valence-corrected chi connectivity index (χ2v) is 6.91. The van der Waals surface area contributed by atoms with Gasteiger partial charge in [-0.2, -0.15) is 0 Å². The van der Waals surface area contributed by atoms with Crippen molar-refractivity contribution in [3.63, 3.8) is 0 Å². The normalized spacial score (nSPS) is 30.6. The number of nitrogens with zero attached hydrogens (tertiary/aromatic N) is 1. The van der Waals surface area contributed by atoms with E-state index >= 15 is 0 Å². The van der Waals surface area contributed by atoms with Crippen molar-refractivity contribution in [2.45, 2.75) is 19.4 Å². The number of para-hydroxylation sites is 2. The lowest BCUT2D eigenvalue weighted by Crippen LogP contribution is -2.46. The summed E-state index contributed by atoms with van der Waals surface area (Å²) in [5.74, 6) is -0.591. The average molecular weight is 340 g/mol. The number of amides is 3. The Kier molecular flexibility index (Phi) is 3.63. The maximum absolute atomic E-state index is 12.8. The highest BCUT2D eigenvalue weighted by atomic mass is 16.5. The van der Waals surface area contributed by atoms with E-state index in [1.807, 2.05) is 12.2 Å². The molecule has 1 aromatic rings. The average Bonchev–Trinajstić information content (AvgIpc) is 3.29. The Morgan fingerprint density at radius 2 is 1.76 bits per heavy atom. The monoisotopic (exact) mass is 340 g/mol. The first kappa shape index (κ1) is 15.9. The van der Waals surface area contributed by atoms with Crippen LogP contribution >= 0.6 is 0 Å². The summed E-state index contributed by atoms with van der Waals surface area (Å²) in [5.41, 5.74) is 0.517. The molecule has 0 aromatic heterocycles. The zero-order chi connectivity index (χ0) is 17.7. The number of carbonyl (C=O) groups is 3. The van der Waals surface area contributed by atoms with Crippen LogP contribution in [0, 0.1) is 23.7 Å². The van der Waals surface area contributed by atoms with E-state index in [1.165, 1.54) is 7.11 Å². The number of benzene rings is 1. The largest absolute Gasteiger partial charge is 0.495 e. The molecule has 1 saturated carbocycles. The summed E-state index contributed by atoms with van der Waals surface area (Å²) in [7, 11) is 1.52. The number of likely N-dealkylation sites (tertiary alicyclic amines) is 1. The molecule has 2 fully saturated rings. The van der Waals surface area contributed by atoms with Gasteiger partial charge < -0.3 is 10.1 Å². The van der Waals surface area contributed by atoms with Gasteiger partial charge in [-0.05, 0) is 37.3 Å². The van der Waals surface area contributed by atoms with Crippen LogP contribution in [-0.2, 0) is 14.4 Å². The Hall–Kier alpha value is -2.63. The summed E-state index contributed by atoms with van der Waals surface area (Å²) < 4.78 is 5.22. The molecule has 6 nitrogen and oxygen atoms in total. The minimum Gasteiger partial charge on any atom is -0.495 e. The van der Waals surface area contributed by atoms with Crippen LogP contribution in [0.5, 0.6) is 5.75 Å². The first-order chi connectivity index (χ1) is 12.0. The summed E-state index contributed by atoms with van der Waals surface area (Å²) in [5, 5.41) is 2.76. The van der Waals surface area contributed by atoms with E-state index in [9.17, 15) is 14.4 Å². The van der Waals surface area contributed by atoms with Crippen LogP contribution in [0.4, 0.5) is 5.69 Å². The maximum Gasteiger partial charge on any atom is 0.247 e. The van der Waals surface area contributed by atoms with Crippen LogP contribution in [0.15, 0.2) is 36.4 Å². The Morgan fingerprint density at radius 1 is 1.16 bits per heavy atom. The standard InChI is InChI=1S/C19H20N2O4/c1-10(17(22)20-13-5-3-4-6-14(13)25-2)21-18(23)15-11-7-8-12(9-11)16(15)19(21)24/h3-8,10-12,15-16H,9H2,1-2H3,(H,20,22)/t10-,11+,12+,15-,16+/m1/s1. The van der Waals surface area contributed by atoms with Gasteiger partial charge in [-0.15, -0.1) is 0 Å². The van der Waals surface area contributed by atoms with Crippen molar-refractivity contribution in [1.29, 1.82) is 0 Å². The molecule has 2 aliphatic carbocycles. The van der Waals surface area contributed by atoms with Gasteiger partial charge in [0.05, 0.1) is 24.6 Å².